The van der Waals surface area contributed by atoms with Crippen LogP contribution in [0.2, 0.25) is 0 Å². The van der Waals surface area contributed by atoms with Crippen molar-refractivity contribution in [3.05, 3.63) is 26.7 Å². The van der Waals surface area contributed by atoms with E-state index in [0.29, 0.717) is 29.5 Å². The molecule has 0 radical (unpaired) electrons. The van der Waals surface area contributed by atoms with E-state index in [1.807, 2.05) is 20.8 Å². The number of rotatable bonds is 6. The van der Waals surface area contributed by atoms with Gasteiger partial charge in [-0.2, -0.15) is 0 Å². The van der Waals surface area contributed by atoms with Gasteiger partial charge in [-0.1, -0.05) is 32.5 Å². The molecule has 8 nitrogen and oxygen atoms in total. The maximum absolute atomic E-state index is 12.7. The SMILES string of the molecule is CCCn1c(=O)n(C)c(=O)c2c(S[C@@H](C)C(N)=O)nc(C(C)C)nc21. The smallest absolute Gasteiger partial charge is 0.332 e. The number of nitrogens with two attached hydrogens (primary N) is 1. The summed E-state index contributed by atoms with van der Waals surface area (Å²) in [7, 11) is 1.43. The van der Waals surface area contributed by atoms with E-state index in [2.05, 4.69) is 9.97 Å². The van der Waals surface area contributed by atoms with Crippen molar-refractivity contribution in [2.75, 3.05) is 0 Å². The first-order chi connectivity index (χ1) is 11.7. The molecule has 136 valence electrons. The number of hydrogen-bond acceptors (Lipinski definition) is 6. The van der Waals surface area contributed by atoms with E-state index in [0.717, 1.165) is 16.3 Å². The molecule has 0 bridgehead atoms. The molecule has 0 saturated heterocycles. The lowest BCUT2D eigenvalue weighted by molar-refractivity contribution is -0.117. The van der Waals surface area contributed by atoms with Crippen LogP contribution in [0.4, 0.5) is 0 Å². The first kappa shape index (κ1) is 19.2. The van der Waals surface area contributed by atoms with Crippen LogP contribution >= 0.6 is 11.8 Å². The lowest BCUT2D eigenvalue weighted by Crippen LogP contribution is -2.39. The van der Waals surface area contributed by atoms with Crippen LogP contribution in [0.5, 0.6) is 0 Å². The van der Waals surface area contributed by atoms with E-state index in [9.17, 15) is 14.4 Å². The minimum Gasteiger partial charge on any atom is -0.369 e. The molecule has 0 unspecified atom stereocenters. The van der Waals surface area contributed by atoms with Crippen LogP contribution in [-0.2, 0) is 18.4 Å². The molecule has 1 atom stereocenters. The van der Waals surface area contributed by atoms with E-state index in [-0.39, 0.29) is 11.3 Å². The zero-order valence-corrected chi connectivity index (χ0v) is 15.9. The monoisotopic (exact) mass is 365 g/mol. The van der Waals surface area contributed by atoms with Gasteiger partial charge in [0.05, 0.1) is 5.25 Å². The Morgan fingerprint density at radius 3 is 2.40 bits per heavy atom. The first-order valence-corrected chi connectivity index (χ1v) is 9.04. The van der Waals surface area contributed by atoms with Crippen molar-refractivity contribution in [2.45, 2.75) is 56.9 Å². The molecule has 0 spiro atoms. The second-order valence-corrected chi connectivity index (χ2v) is 7.53. The van der Waals surface area contributed by atoms with Gasteiger partial charge in [0.2, 0.25) is 5.91 Å². The number of hydrogen-bond donors (Lipinski definition) is 1. The van der Waals surface area contributed by atoms with Crippen LogP contribution in [0.25, 0.3) is 11.0 Å². The number of aryl methyl sites for hydroxylation is 1. The molecular formula is C16H23N5O3S. The van der Waals surface area contributed by atoms with Gasteiger partial charge in [-0.3, -0.25) is 18.7 Å². The van der Waals surface area contributed by atoms with Crippen LogP contribution in [0, 0.1) is 0 Å². The summed E-state index contributed by atoms with van der Waals surface area (Å²) in [6.07, 6.45) is 0.717. The highest BCUT2D eigenvalue weighted by molar-refractivity contribution is 8.00. The summed E-state index contributed by atoms with van der Waals surface area (Å²) >= 11 is 1.11. The molecule has 2 heterocycles. The summed E-state index contributed by atoms with van der Waals surface area (Å²) in [6, 6.07) is 0. The van der Waals surface area contributed by atoms with Crippen molar-refractivity contribution in [3.63, 3.8) is 0 Å². The molecule has 2 aromatic rings. The van der Waals surface area contributed by atoms with Crippen LogP contribution < -0.4 is 17.0 Å². The van der Waals surface area contributed by atoms with E-state index in [1.54, 1.807) is 6.92 Å². The van der Waals surface area contributed by atoms with Crippen molar-refractivity contribution < 1.29 is 4.79 Å². The van der Waals surface area contributed by atoms with Gasteiger partial charge in [0.1, 0.15) is 16.2 Å². The molecule has 2 rings (SSSR count). The van der Waals surface area contributed by atoms with Gasteiger partial charge < -0.3 is 5.73 Å². The van der Waals surface area contributed by atoms with E-state index in [4.69, 9.17) is 5.73 Å². The van der Waals surface area contributed by atoms with Gasteiger partial charge in [0.15, 0.2) is 5.65 Å². The van der Waals surface area contributed by atoms with Crippen molar-refractivity contribution in [1.82, 2.24) is 19.1 Å². The fourth-order valence-electron chi connectivity index (χ4n) is 2.35. The number of fused-ring (bicyclic) bond motifs is 1. The summed E-state index contributed by atoms with van der Waals surface area (Å²) in [4.78, 5) is 45.6. The minimum absolute atomic E-state index is 0.00173. The predicted molar refractivity (Wildman–Crippen MR) is 97.9 cm³/mol. The van der Waals surface area contributed by atoms with E-state index in [1.165, 1.54) is 11.6 Å². The van der Waals surface area contributed by atoms with Gasteiger partial charge in [-0.25, -0.2) is 14.8 Å². The van der Waals surface area contributed by atoms with Crippen molar-refractivity contribution in [1.29, 1.82) is 0 Å². The van der Waals surface area contributed by atoms with Crippen LogP contribution in [-0.4, -0.2) is 30.3 Å². The second kappa shape index (κ2) is 7.38. The average molecular weight is 365 g/mol. The van der Waals surface area contributed by atoms with E-state index >= 15 is 0 Å². The van der Waals surface area contributed by atoms with Gasteiger partial charge in [-0.05, 0) is 13.3 Å². The third-order valence-corrected chi connectivity index (χ3v) is 4.92. The summed E-state index contributed by atoms with van der Waals surface area (Å²) in [5.74, 6) is 0.0209. The molecule has 0 aromatic carbocycles. The highest BCUT2D eigenvalue weighted by atomic mass is 32.2. The molecule has 25 heavy (non-hydrogen) atoms. The lowest BCUT2D eigenvalue weighted by Gasteiger charge is -2.16. The number of thioether (sulfide) groups is 1. The Labute approximate surface area is 149 Å². The largest absolute Gasteiger partial charge is 0.369 e. The van der Waals surface area contributed by atoms with Gasteiger partial charge >= 0.3 is 5.69 Å². The Balaban J connectivity index is 2.93. The third-order valence-electron chi connectivity index (χ3n) is 3.82. The van der Waals surface area contributed by atoms with Crippen molar-refractivity contribution >= 4 is 28.7 Å². The van der Waals surface area contributed by atoms with Gasteiger partial charge in [0.25, 0.3) is 5.56 Å². The first-order valence-electron chi connectivity index (χ1n) is 8.16. The fourth-order valence-corrected chi connectivity index (χ4v) is 3.24. The maximum Gasteiger partial charge on any atom is 0.332 e. The highest BCUT2D eigenvalue weighted by Gasteiger charge is 2.22. The molecule has 0 saturated carbocycles. The predicted octanol–water partition coefficient (Wildman–Crippen LogP) is 0.989. The number of amides is 1. The summed E-state index contributed by atoms with van der Waals surface area (Å²) < 4.78 is 2.54. The normalized spacial score (nSPS) is 12.7. The van der Waals surface area contributed by atoms with Crippen LogP contribution in [0.15, 0.2) is 14.6 Å². The summed E-state index contributed by atoms with van der Waals surface area (Å²) in [6.45, 7) is 7.89. The molecule has 9 heteroatoms. The Morgan fingerprint density at radius 1 is 1.24 bits per heavy atom. The average Bonchev–Trinajstić information content (AvgIpc) is 2.55. The number of carbonyl (C=O) groups is 1. The molecule has 1 amide bonds. The molecule has 0 aliphatic rings. The zero-order valence-electron chi connectivity index (χ0n) is 15.1. The highest BCUT2D eigenvalue weighted by Crippen LogP contribution is 2.27. The lowest BCUT2D eigenvalue weighted by atomic mass is 10.2. The van der Waals surface area contributed by atoms with Crippen molar-refractivity contribution in [2.24, 2.45) is 12.8 Å². The Bertz CT molecular complexity index is 932. The number of aromatic nitrogens is 4. The van der Waals surface area contributed by atoms with Crippen molar-refractivity contribution in [3.8, 4) is 0 Å². The van der Waals surface area contributed by atoms with Gasteiger partial charge in [-0.15, -0.1) is 0 Å². The standard InChI is InChI=1S/C16H23N5O3S/c1-6-7-21-13-10(15(23)20(5)16(21)24)14(25-9(4)11(17)22)19-12(18-13)8(2)3/h8-9H,6-7H2,1-5H3,(H2,17,22)/t9-/m0/s1. The zero-order chi connectivity index (χ0) is 18.9. The molecule has 2 N–H and O–H groups in total. The molecule has 0 fully saturated rings. The topological polar surface area (TPSA) is 113 Å². The second-order valence-electron chi connectivity index (χ2n) is 6.20. The van der Waals surface area contributed by atoms with Crippen LogP contribution in [0.1, 0.15) is 45.9 Å². The quantitative estimate of drug-likeness (QED) is 0.603. The van der Waals surface area contributed by atoms with Gasteiger partial charge in [0, 0.05) is 19.5 Å². The Kier molecular flexibility index (Phi) is 5.66. The fraction of sp³-hybridized carbons (Fsp3) is 0.562. The van der Waals surface area contributed by atoms with E-state index < -0.39 is 22.4 Å². The summed E-state index contributed by atoms with van der Waals surface area (Å²) in [5.41, 5.74) is 4.79. The summed E-state index contributed by atoms with van der Waals surface area (Å²) in [5, 5.41) is 0.0675. The Hall–Kier alpha value is -2.16. The van der Waals surface area contributed by atoms with Crippen LogP contribution in [0.3, 0.4) is 0 Å². The molecular weight excluding hydrogens is 342 g/mol. The number of nitrogens with zero attached hydrogens (tertiary/aromatic N) is 4. The maximum atomic E-state index is 12.7. The Morgan fingerprint density at radius 2 is 1.88 bits per heavy atom. The molecule has 0 aliphatic heterocycles. The number of primary amides is 1. The number of carbonyl (C=O) groups excluding carboxylic acids is 1. The third kappa shape index (κ3) is 3.60. The molecule has 2 aromatic heterocycles. The minimum atomic E-state index is -0.561. The molecule has 0 aliphatic carbocycles.